The van der Waals surface area contributed by atoms with Crippen LogP contribution < -0.4 is 5.32 Å². The lowest BCUT2D eigenvalue weighted by molar-refractivity contribution is -0.125. The number of amides is 1. The lowest BCUT2D eigenvalue weighted by Crippen LogP contribution is -2.41. The third-order valence-corrected chi connectivity index (χ3v) is 3.74. The lowest BCUT2D eigenvalue weighted by atomic mass is 10.0. The first kappa shape index (κ1) is 16.5. The summed E-state index contributed by atoms with van der Waals surface area (Å²) in [6.07, 6.45) is 2.66. The molecule has 0 bridgehead atoms. The van der Waals surface area contributed by atoms with Gasteiger partial charge in [-0.25, -0.2) is 9.67 Å². The van der Waals surface area contributed by atoms with E-state index in [1.54, 1.807) is 26.2 Å². The standard InChI is InChI=1S/C15H19ClN4O2/c1-10(14(22-3)12-4-6-13(16)7-5-12)19-15(21)11(2)20-9-17-8-18-20/h4-11,14H,1-3H3,(H,19,21)/t10-,11-,14-/m0/s1. The molecule has 1 N–H and O–H groups in total. The van der Waals surface area contributed by atoms with Gasteiger partial charge in [0, 0.05) is 12.1 Å². The van der Waals surface area contributed by atoms with Gasteiger partial charge in [0.25, 0.3) is 0 Å². The number of hydrogen-bond acceptors (Lipinski definition) is 4. The maximum absolute atomic E-state index is 12.3. The van der Waals surface area contributed by atoms with Crippen LogP contribution in [0.3, 0.4) is 0 Å². The molecule has 0 unspecified atom stereocenters. The zero-order chi connectivity index (χ0) is 16.1. The van der Waals surface area contributed by atoms with Crippen LogP contribution in [0.15, 0.2) is 36.9 Å². The quantitative estimate of drug-likeness (QED) is 0.886. The molecular formula is C15H19ClN4O2. The summed E-state index contributed by atoms with van der Waals surface area (Å²) in [5, 5.41) is 7.58. The fourth-order valence-corrected chi connectivity index (χ4v) is 2.37. The Kier molecular flexibility index (Phi) is 5.51. The molecule has 0 fully saturated rings. The average molecular weight is 323 g/mol. The number of ether oxygens (including phenoxy) is 1. The van der Waals surface area contributed by atoms with Gasteiger partial charge in [-0.3, -0.25) is 4.79 Å². The zero-order valence-corrected chi connectivity index (χ0v) is 13.5. The Morgan fingerprint density at radius 2 is 2.00 bits per heavy atom. The molecule has 0 aliphatic rings. The predicted molar refractivity (Wildman–Crippen MR) is 83.5 cm³/mol. The van der Waals surface area contributed by atoms with Gasteiger partial charge < -0.3 is 10.1 Å². The van der Waals surface area contributed by atoms with Gasteiger partial charge in [0.2, 0.25) is 5.91 Å². The first-order chi connectivity index (χ1) is 10.5. The van der Waals surface area contributed by atoms with Crippen LogP contribution in [0.4, 0.5) is 0 Å². The molecule has 22 heavy (non-hydrogen) atoms. The summed E-state index contributed by atoms with van der Waals surface area (Å²) in [5.41, 5.74) is 0.952. The van der Waals surface area contributed by atoms with Crippen LogP contribution in [0.1, 0.15) is 31.6 Å². The summed E-state index contributed by atoms with van der Waals surface area (Å²) in [5.74, 6) is -0.144. The van der Waals surface area contributed by atoms with E-state index in [1.165, 1.54) is 17.3 Å². The first-order valence-corrected chi connectivity index (χ1v) is 7.33. The molecular weight excluding hydrogens is 304 g/mol. The van der Waals surface area contributed by atoms with E-state index in [2.05, 4.69) is 15.4 Å². The van der Waals surface area contributed by atoms with Crippen molar-refractivity contribution in [1.82, 2.24) is 20.1 Å². The van der Waals surface area contributed by atoms with Crippen LogP contribution in [0.2, 0.25) is 5.02 Å². The number of nitrogens with zero attached hydrogens (tertiary/aromatic N) is 3. The van der Waals surface area contributed by atoms with Crippen molar-refractivity contribution >= 4 is 17.5 Å². The molecule has 1 heterocycles. The molecule has 2 rings (SSSR count). The molecule has 3 atom stereocenters. The number of hydrogen-bond donors (Lipinski definition) is 1. The molecule has 0 saturated carbocycles. The minimum Gasteiger partial charge on any atom is -0.375 e. The number of aromatic nitrogens is 3. The molecule has 6 nitrogen and oxygen atoms in total. The van der Waals surface area contributed by atoms with Gasteiger partial charge in [-0.15, -0.1) is 0 Å². The second-order valence-electron chi connectivity index (χ2n) is 5.06. The summed E-state index contributed by atoms with van der Waals surface area (Å²) < 4.78 is 7.02. The summed E-state index contributed by atoms with van der Waals surface area (Å²) >= 11 is 5.90. The van der Waals surface area contributed by atoms with Crippen LogP contribution in [-0.4, -0.2) is 33.8 Å². The Morgan fingerprint density at radius 1 is 1.32 bits per heavy atom. The monoisotopic (exact) mass is 322 g/mol. The van der Waals surface area contributed by atoms with Crippen molar-refractivity contribution in [2.75, 3.05) is 7.11 Å². The number of nitrogens with one attached hydrogen (secondary N) is 1. The van der Waals surface area contributed by atoms with Gasteiger partial charge in [0.1, 0.15) is 24.8 Å². The number of halogens is 1. The normalized spacial score (nSPS) is 15.1. The Bertz CT molecular complexity index is 601. The fraction of sp³-hybridized carbons (Fsp3) is 0.400. The molecule has 2 aromatic rings. The summed E-state index contributed by atoms with van der Waals surface area (Å²) in [6.45, 7) is 3.66. The Balaban J connectivity index is 2.04. The summed E-state index contributed by atoms with van der Waals surface area (Å²) in [4.78, 5) is 16.1. The van der Waals surface area contributed by atoms with E-state index in [4.69, 9.17) is 16.3 Å². The minimum atomic E-state index is -0.437. The largest absolute Gasteiger partial charge is 0.375 e. The molecule has 7 heteroatoms. The number of carbonyl (C=O) groups excluding carboxylic acids is 1. The van der Waals surface area contributed by atoms with Gasteiger partial charge in [0.15, 0.2) is 0 Å². The van der Waals surface area contributed by atoms with Crippen molar-refractivity contribution in [2.24, 2.45) is 0 Å². The second-order valence-corrected chi connectivity index (χ2v) is 5.49. The van der Waals surface area contributed by atoms with Crippen molar-refractivity contribution in [1.29, 1.82) is 0 Å². The van der Waals surface area contributed by atoms with E-state index >= 15 is 0 Å². The second kappa shape index (κ2) is 7.38. The number of methoxy groups -OCH3 is 1. The van der Waals surface area contributed by atoms with E-state index in [0.717, 1.165) is 5.56 Å². The Hall–Kier alpha value is -1.92. The van der Waals surface area contributed by atoms with Crippen LogP contribution >= 0.6 is 11.6 Å². The molecule has 0 spiro atoms. The maximum Gasteiger partial charge on any atom is 0.244 e. The molecule has 1 aromatic heterocycles. The van der Waals surface area contributed by atoms with Crippen molar-refractivity contribution in [2.45, 2.75) is 32.0 Å². The number of carbonyl (C=O) groups is 1. The fourth-order valence-electron chi connectivity index (χ4n) is 2.24. The molecule has 0 radical (unpaired) electrons. The highest BCUT2D eigenvalue weighted by molar-refractivity contribution is 6.30. The van der Waals surface area contributed by atoms with E-state index in [-0.39, 0.29) is 18.1 Å². The smallest absolute Gasteiger partial charge is 0.244 e. The first-order valence-electron chi connectivity index (χ1n) is 6.95. The van der Waals surface area contributed by atoms with Crippen molar-refractivity contribution in [3.63, 3.8) is 0 Å². The number of benzene rings is 1. The van der Waals surface area contributed by atoms with Gasteiger partial charge in [-0.2, -0.15) is 5.10 Å². The van der Waals surface area contributed by atoms with Gasteiger partial charge >= 0.3 is 0 Å². The third kappa shape index (κ3) is 3.84. The lowest BCUT2D eigenvalue weighted by Gasteiger charge is -2.25. The van der Waals surface area contributed by atoms with Crippen molar-refractivity contribution in [3.05, 3.63) is 47.5 Å². The highest BCUT2D eigenvalue weighted by atomic mass is 35.5. The van der Waals surface area contributed by atoms with Gasteiger partial charge in [-0.05, 0) is 31.5 Å². The van der Waals surface area contributed by atoms with Crippen LogP contribution in [-0.2, 0) is 9.53 Å². The average Bonchev–Trinajstić information content (AvgIpc) is 3.03. The topological polar surface area (TPSA) is 69.0 Å². The third-order valence-electron chi connectivity index (χ3n) is 3.49. The molecule has 118 valence electrons. The Morgan fingerprint density at radius 3 is 2.55 bits per heavy atom. The zero-order valence-electron chi connectivity index (χ0n) is 12.7. The highest BCUT2D eigenvalue weighted by Gasteiger charge is 2.24. The van der Waals surface area contributed by atoms with Crippen LogP contribution in [0, 0.1) is 0 Å². The molecule has 1 amide bonds. The molecule has 0 saturated heterocycles. The Labute approximate surface area is 134 Å². The molecule has 0 aliphatic carbocycles. The van der Waals surface area contributed by atoms with E-state index in [1.807, 2.05) is 19.1 Å². The highest BCUT2D eigenvalue weighted by Crippen LogP contribution is 2.22. The van der Waals surface area contributed by atoms with Crippen LogP contribution in [0.5, 0.6) is 0 Å². The SMILES string of the molecule is CO[C@H](c1ccc(Cl)cc1)[C@H](C)NC(=O)[C@H](C)n1cncn1. The predicted octanol–water partition coefficient (Wildman–Crippen LogP) is 2.38. The van der Waals surface area contributed by atoms with Crippen molar-refractivity contribution in [3.8, 4) is 0 Å². The maximum atomic E-state index is 12.3. The summed E-state index contributed by atoms with van der Waals surface area (Å²) in [7, 11) is 1.61. The van der Waals surface area contributed by atoms with E-state index in [0.29, 0.717) is 5.02 Å². The van der Waals surface area contributed by atoms with E-state index < -0.39 is 6.04 Å². The summed E-state index contributed by atoms with van der Waals surface area (Å²) in [6, 6.07) is 6.74. The van der Waals surface area contributed by atoms with Crippen LogP contribution in [0.25, 0.3) is 0 Å². The molecule has 0 aliphatic heterocycles. The van der Waals surface area contributed by atoms with Gasteiger partial charge in [0.05, 0.1) is 6.04 Å². The minimum absolute atomic E-state index is 0.144. The molecule has 1 aromatic carbocycles. The number of rotatable bonds is 6. The van der Waals surface area contributed by atoms with E-state index in [9.17, 15) is 4.79 Å². The van der Waals surface area contributed by atoms with Gasteiger partial charge in [-0.1, -0.05) is 23.7 Å². The van der Waals surface area contributed by atoms with Crippen molar-refractivity contribution < 1.29 is 9.53 Å².